The second-order valence-corrected chi connectivity index (χ2v) is 12.5. The number of sulfonamides is 1. The normalized spacial score (nSPS) is 15.6. The van der Waals surface area contributed by atoms with Crippen LogP contribution in [0.1, 0.15) is 19.2 Å². The van der Waals surface area contributed by atoms with Crippen LogP contribution in [0.25, 0.3) is 17.2 Å². The first-order valence-corrected chi connectivity index (χ1v) is 15.0. The SMILES string of the molecule is CCC(/C=C1\Sc2cocc2N1CS(=O)(=O)O)=C\c1oc2ccc(Cl)cc2[n+]1CC(=O)NS(C)(=O)=O. The van der Waals surface area contributed by atoms with Crippen LogP contribution < -0.4 is 14.2 Å². The Morgan fingerprint density at radius 1 is 1.28 bits per heavy atom. The van der Waals surface area contributed by atoms with Crippen molar-refractivity contribution >= 4 is 72.3 Å². The number of benzene rings is 1. The molecule has 1 amide bonds. The molecule has 192 valence electrons. The van der Waals surface area contributed by atoms with Gasteiger partial charge in [0.25, 0.3) is 21.5 Å². The van der Waals surface area contributed by atoms with E-state index in [1.807, 2.05) is 11.6 Å². The molecule has 3 aromatic rings. The average molecular weight is 575 g/mol. The fraction of sp³-hybridized carbons (Fsp3) is 0.238. The lowest BCUT2D eigenvalue weighted by atomic mass is 10.2. The third-order valence-electron chi connectivity index (χ3n) is 4.99. The van der Waals surface area contributed by atoms with Crippen LogP contribution in [0.2, 0.25) is 5.02 Å². The summed E-state index contributed by atoms with van der Waals surface area (Å²) in [4.78, 5) is 14.5. The molecule has 1 aromatic carbocycles. The van der Waals surface area contributed by atoms with E-state index in [2.05, 4.69) is 0 Å². The summed E-state index contributed by atoms with van der Waals surface area (Å²) in [7, 11) is -8.10. The van der Waals surface area contributed by atoms with Gasteiger partial charge < -0.3 is 13.7 Å². The minimum absolute atomic E-state index is 0.246. The van der Waals surface area contributed by atoms with E-state index < -0.39 is 31.9 Å². The Morgan fingerprint density at radius 2 is 2.03 bits per heavy atom. The number of carbonyl (C=O) groups excluding carboxylic acids is 1. The smallest absolute Gasteiger partial charge is 0.374 e. The van der Waals surface area contributed by atoms with Gasteiger partial charge in [-0.1, -0.05) is 30.3 Å². The van der Waals surface area contributed by atoms with Gasteiger partial charge in [0.15, 0.2) is 5.88 Å². The third kappa shape index (κ3) is 6.13. The maximum atomic E-state index is 12.4. The quantitative estimate of drug-likeness (QED) is 0.303. The lowest BCUT2D eigenvalue weighted by Crippen LogP contribution is -2.45. The van der Waals surface area contributed by atoms with Gasteiger partial charge in [-0.15, -0.1) is 4.57 Å². The van der Waals surface area contributed by atoms with Crippen molar-refractivity contribution in [1.29, 1.82) is 0 Å². The van der Waals surface area contributed by atoms with Crippen molar-refractivity contribution in [3.63, 3.8) is 0 Å². The number of oxazole rings is 1. The van der Waals surface area contributed by atoms with E-state index in [-0.39, 0.29) is 12.4 Å². The van der Waals surface area contributed by atoms with Gasteiger partial charge in [0.05, 0.1) is 27.9 Å². The van der Waals surface area contributed by atoms with Crippen LogP contribution in [0.5, 0.6) is 0 Å². The van der Waals surface area contributed by atoms with Gasteiger partial charge in [-0.05, 0) is 30.2 Å². The molecule has 1 aliphatic heterocycles. The minimum atomic E-state index is -4.34. The van der Waals surface area contributed by atoms with E-state index in [4.69, 9.17) is 20.4 Å². The molecule has 0 saturated carbocycles. The Balaban J connectivity index is 1.76. The highest BCUT2D eigenvalue weighted by atomic mass is 35.5. The number of hydrogen-bond donors (Lipinski definition) is 2. The minimum Gasteiger partial charge on any atom is -0.469 e. The lowest BCUT2D eigenvalue weighted by Gasteiger charge is -2.17. The van der Waals surface area contributed by atoms with Crippen molar-refractivity contribution in [2.24, 2.45) is 0 Å². The highest BCUT2D eigenvalue weighted by molar-refractivity contribution is 8.03. The Labute approximate surface area is 216 Å². The summed E-state index contributed by atoms with van der Waals surface area (Å²) < 4.78 is 70.2. The van der Waals surface area contributed by atoms with Gasteiger partial charge in [-0.2, -0.15) is 8.42 Å². The molecule has 0 radical (unpaired) electrons. The van der Waals surface area contributed by atoms with Crippen molar-refractivity contribution < 1.29 is 39.6 Å². The van der Waals surface area contributed by atoms with Gasteiger partial charge in [-0.3, -0.25) is 9.35 Å². The first kappa shape index (κ1) is 26.3. The van der Waals surface area contributed by atoms with E-state index in [9.17, 15) is 26.2 Å². The number of aromatic nitrogens is 1. The molecular weight excluding hydrogens is 554 g/mol. The third-order valence-corrected chi connectivity index (χ3v) is 7.48. The molecule has 0 unspecified atom stereocenters. The number of carbonyl (C=O) groups is 1. The number of fused-ring (bicyclic) bond motifs is 2. The van der Waals surface area contributed by atoms with Gasteiger partial charge in [0.2, 0.25) is 22.2 Å². The van der Waals surface area contributed by atoms with E-state index in [0.717, 1.165) is 6.26 Å². The van der Waals surface area contributed by atoms with Crippen LogP contribution in [0.15, 0.2) is 61.1 Å². The molecule has 36 heavy (non-hydrogen) atoms. The highest BCUT2D eigenvalue weighted by Crippen LogP contribution is 2.47. The molecule has 0 saturated heterocycles. The molecule has 3 heterocycles. The molecule has 11 nitrogen and oxygen atoms in total. The lowest BCUT2D eigenvalue weighted by molar-refractivity contribution is -0.665. The molecule has 15 heteroatoms. The van der Waals surface area contributed by atoms with Crippen LogP contribution in [0.4, 0.5) is 5.69 Å². The number of furan rings is 1. The number of thioether (sulfide) groups is 1. The summed E-state index contributed by atoms with van der Waals surface area (Å²) in [5.74, 6) is -1.19. The van der Waals surface area contributed by atoms with Crippen molar-refractivity contribution in [3.8, 4) is 0 Å². The van der Waals surface area contributed by atoms with Crippen molar-refractivity contribution in [1.82, 2.24) is 4.72 Å². The largest absolute Gasteiger partial charge is 0.469 e. The molecule has 0 spiro atoms. The summed E-state index contributed by atoms with van der Waals surface area (Å²) in [6.45, 7) is 1.51. The Morgan fingerprint density at radius 3 is 2.69 bits per heavy atom. The van der Waals surface area contributed by atoms with E-state index >= 15 is 0 Å². The van der Waals surface area contributed by atoms with E-state index in [0.29, 0.717) is 43.7 Å². The van der Waals surface area contributed by atoms with Crippen LogP contribution >= 0.6 is 23.4 Å². The van der Waals surface area contributed by atoms with Crippen molar-refractivity contribution in [3.05, 3.63) is 58.3 Å². The number of hydrogen-bond acceptors (Lipinski definition) is 9. The number of amides is 1. The molecule has 0 atom stereocenters. The number of anilines is 1. The Kier molecular flexibility index (Phi) is 7.26. The molecule has 2 N–H and O–H groups in total. The fourth-order valence-corrected chi connectivity index (χ4v) is 5.94. The van der Waals surface area contributed by atoms with Gasteiger partial charge >= 0.3 is 5.89 Å². The van der Waals surface area contributed by atoms with Crippen molar-refractivity contribution in [2.75, 3.05) is 17.0 Å². The van der Waals surface area contributed by atoms with E-state index in [1.54, 1.807) is 30.4 Å². The number of rotatable bonds is 8. The van der Waals surface area contributed by atoms with Crippen LogP contribution in [-0.2, 0) is 31.5 Å². The molecule has 4 rings (SSSR count). The first-order chi connectivity index (χ1) is 16.8. The fourth-order valence-electron chi connectivity index (χ4n) is 3.53. The van der Waals surface area contributed by atoms with Crippen molar-refractivity contribution in [2.45, 2.75) is 24.8 Å². The standard InChI is InChI=1S/C21H20ClN3O8S3/c1-3-13(7-21-25(12-36(29,30)31)16-10-32-11-18(16)34-21)6-20-24(9-19(26)23-35(2,27)28)15-8-14(22)4-5-17(15)33-20/h4-8,10-11H,3,9,12H2,1-2H3,(H-,23,26,29,30,31)/p+1. The number of allylic oxidation sites excluding steroid dienone is 2. The predicted molar refractivity (Wildman–Crippen MR) is 134 cm³/mol. The second kappa shape index (κ2) is 9.94. The Bertz CT molecular complexity index is 1620. The first-order valence-electron chi connectivity index (χ1n) is 10.3. The topological polar surface area (TPSA) is 151 Å². The molecule has 1 aliphatic rings. The van der Waals surface area contributed by atoms with E-state index in [1.165, 1.54) is 33.8 Å². The maximum Gasteiger partial charge on any atom is 0.374 e. The molecule has 0 aliphatic carbocycles. The summed E-state index contributed by atoms with van der Waals surface area (Å²) in [6.07, 6.45) is 7.63. The molecule has 0 fully saturated rings. The summed E-state index contributed by atoms with van der Waals surface area (Å²) in [5.41, 5.74) is 2.10. The van der Waals surface area contributed by atoms with Crippen LogP contribution in [0.3, 0.4) is 0 Å². The van der Waals surface area contributed by atoms with Crippen LogP contribution in [-0.4, -0.2) is 39.4 Å². The second-order valence-electron chi connectivity index (χ2n) is 7.85. The van der Waals surface area contributed by atoms with Gasteiger partial charge in [0, 0.05) is 11.1 Å². The molecule has 2 aromatic heterocycles. The molecular formula is C21H21ClN3O8S3+. The van der Waals surface area contributed by atoms with Gasteiger partial charge in [0.1, 0.15) is 12.5 Å². The zero-order valence-corrected chi connectivity index (χ0v) is 22.2. The number of halogens is 1. The van der Waals surface area contributed by atoms with Crippen LogP contribution in [0, 0.1) is 0 Å². The van der Waals surface area contributed by atoms with Gasteiger partial charge in [-0.25, -0.2) is 13.1 Å². The average Bonchev–Trinajstić information content (AvgIpc) is 3.41. The summed E-state index contributed by atoms with van der Waals surface area (Å²) in [5, 5.41) is 0.925. The maximum absolute atomic E-state index is 12.4. The highest BCUT2D eigenvalue weighted by Gasteiger charge is 2.31. The molecule has 0 bridgehead atoms. The monoisotopic (exact) mass is 574 g/mol. The number of nitrogens with one attached hydrogen (secondary N) is 1. The summed E-state index contributed by atoms with van der Waals surface area (Å²) in [6, 6.07) is 4.84. The Hall–Kier alpha value is -2.78. The predicted octanol–water partition coefficient (Wildman–Crippen LogP) is 3.13. The zero-order chi connectivity index (χ0) is 26.3. The summed E-state index contributed by atoms with van der Waals surface area (Å²) >= 11 is 7.40. The number of nitrogens with zero attached hydrogens (tertiary/aromatic N) is 2. The zero-order valence-electron chi connectivity index (χ0n) is 19.0.